The minimum absolute atomic E-state index is 0.159. The maximum absolute atomic E-state index is 11.8. The molecule has 0 radical (unpaired) electrons. The van der Waals surface area contributed by atoms with Crippen molar-refractivity contribution in [3.8, 4) is 0 Å². The van der Waals surface area contributed by atoms with E-state index in [9.17, 15) is 9.90 Å². The maximum atomic E-state index is 11.8. The molecule has 1 heterocycles. The molecule has 2 N–H and O–H groups in total. The molecule has 3 rings (SSSR count). The summed E-state index contributed by atoms with van der Waals surface area (Å²) in [5, 5.41) is 13.0. The summed E-state index contributed by atoms with van der Waals surface area (Å²) in [6.07, 6.45) is 6.12. The minimum atomic E-state index is -0.848. The van der Waals surface area contributed by atoms with Gasteiger partial charge in [-0.3, -0.25) is 10.1 Å². The van der Waals surface area contributed by atoms with Crippen LogP contribution in [0.5, 0.6) is 0 Å². The fraction of sp³-hybridized carbons (Fsp3) is 0.929. The fourth-order valence-corrected chi connectivity index (χ4v) is 2.84. The number of aliphatic carboxylic acids is 1. The molecule has 3 aliphatic rings. The van der Waals surface area contributed by atoms with E-state index in [-0.39, 0.29) is 12.0 Å². The van der Waals surface area contributed by atoms with Gasteiger partial charge in [-0.15, -0.1) is 0 Å². The molecule has 1 aliphatic heterocycles. The third-order valence-corrected chi connectivity index (χ3v) is 4.41. The van der Waals surface area contributed by atoms with Crippen LogP contribution in [0.25, 0.3) is 0 Å². The second-order valence-electron chi connectivity index (χ2n) is 6.09. The molecule has 5 nitrogen and oxygen atoms in total. The largest absolute Gasteiger partial charge is 0.480 e. The maximum Gasteiger partial charge on any atom is 0.326 e. The first-order valence-corrected chi connectivity index (χ1v) is 7.41. The number of hydrogen-bond donors (Lipinski definition) is 2. The Morgan fingerprint density at radius 2 is 1.89 bits per heavy atom. The molecule has 2 saturated carbocycles. The molecule has 108 valence electrons. The molecule has 1 atom stereocenters. The van der Waals surface area contributed by atoms with Gasteiger partial charge in [-0.1, -0.05) is 0 Å². The zero-order valence-corrected chi connectivity index (χ0v) is 11.3. The molecule has 2 aliphatic carbocycles. The first-order chi connectivity index (χ1) is 9.21. The van der Waals surface area contributed by atoms with Gasteiger partial charge in [-0.2, -0.15) is 0 Å². The van der Waals surface area contributed by atoms with Crippen LogP contribution in [0.3, 0.4) is 0 Å². The Kier molecular flexibility index (Phi) is 3.78. The standard InChI is InChI=1S/C14H23NO4/c16-13(17)14(10-1-2-10,15-11-3-4-11)9-19-12-5-7-18-8-6-12/h10-12,15H,1-9H2,(H,16,17). The number of ether oxygens (including phenoxy) is 2. The summed E-state index contributed by atoms with van der Waals surface area (Å²) in [7, 11) is 0. The molecule has 5 heteroatoms. The summed E-state index contributed by atoms with van der Waals surface area (Å²) in [5.74, 6) is -0.501. The van der Waals surface area contributed by atoms with E-state index in [1.165, 1.54) is 0 Å². The summed E-state index contributed by atoms with van der Waals surface area (Å²) in [6, 6.07) is 0.384. The number of nitrogens with one attached hydrogen (secondary N) is 1. The lowest BCUT2D eigenvalue weighted by Crippen LogP contribution is -2.59. The first-order valence-electron chi connectivity index (χ1n) is 7.41. The Morgan fingerprint density at radius 3 is 2.42 bits per heavy atom. The highest BCUT2D eigenvalue weighted by atomic mass is 16.5. The van der Waals surface area contributed by atoms with Gasteiger partial charge in [0.2, 0.25) is 0 Å². The molecule has 1 saturated heterocycles. The fourth-order valence-electron chi connectivity index (χ4n) is 2.84. The van der Waals surface area contributed by atoms with Crippen molar-refractivity contribution >= 4 is 5.97 Å². The highest BCUT2D eigenvalue weighted by Crippen LogP contribution is 2.42. The highest BCUT2D eigenvalue weighted by molar-refractivity contribution is 5.80. The molecule has 0 aromatic heterocycles. The third kappa shape index (κ3) is 3.09. The Labute approximate surface area is 113 Å². The van der Waals surface area contributed by atoms with Crippen molar-refractivity contribution in [3.63, 3.8) is 0 Å². The van der Waals surface area contributed by atoms with Gasteiger partial charge in [0.05, 0.1) is 12.7 Å². The van der Waals surface area contributed by atoms with Gasteiger partial charge in [-0.05, 0) is 44.4 Å². The Morgan fingerprint density at radius 1 is 1.21 bits per heavy atom. The molecular weight excluding hydrogens is 246 g/mol. The monoisotopic (exact) mass is 269 g/mol. The van der Waals surface area contributed by atoms with Crippen molar-refractivity contribution in [2.75, 3.05) is 19.8 Å². The molecule has 0 amide bonds. The topological polar surface area (TPSA) is 67.8 Å². The van der Waals surface area contributed by atoms with Gasteiger partial charge in [0.15, 0.2) is 0 Å². The van der Waals surface area contributed by atoms with Gasteiger partial charge in [-0.25, -0.2) is 0 Å². The predicted molar refractivity (Wildman–Crippen MR) is 69.0 cm³/mol. The van der Waals surface area contributed by atoms with E-state index in [2.05, 4.69) is 5.32 Å². The second-order valence-corrected chi connectivity index (χ2v) is 6.09. The second kappa shape index (κ2) is 5.38. The molecule has 3 fully saturated rings. The van der Waals surface area contributed by atoms with Crippen LogP contribution in [0.1, 0.15) is 38.5 Å². The van der Waals surface area contributed by atoms with E-state index in [0.29, 0.717) is 12.6 Å². The lowest BCUT2D eigenvalue weighted by molar-refractivity contribution is -0.152. The zero-order chi connectivity index (χ0) is 13.3. The lowest BCUT2D eigenvalue weighted by atomic mass is 9.93. The van der Waals surface area contributed by atoms with Gasteiger partial charge >= 0.3 is 5.97 Å². The average Bonchev–Trinajstić information content (AvgIpc) is 3.28. The van der Waals surface area contributed by atoms with Crippen molar-refractivity contribution in [2.24, 2.45) is 5.92 Å². The van der Waals surface area contributed by atoms with Crippen LogP contribution in [-0.2, 0) is 14.3 Å². The van der Waals surface area contributed by atoms with Crippen LogP contribution in [0.15, 0.2) is 0 Å². The SMILES string of the molecule is O=C(O)C(COC1CCOCC1)(NC1CC1)C1CC1. The van der Waals surface area contributed by atoms with Crippen molar-refractivity contribution in [3.05, 3.63) is 0 Å². The molecule has 1 unspecified atom stereocenters. The summed E-state index contributed by atoms with van der Waals surface area (Å²) in [4.78, 5) is 11.8. The molecule has 0 bridgehead atoms. The number of rotatable bonds is 7. The normalized spacial score (nSPS) is 28.0. The molecular formula is C14H23NO4. The van der Waals surface area contributed by atoms with Gasteiger partial charge in [0.1, 0.15) is 5.54 Å². The zero-order valence-electron chi connectivity index (χ0n) is 11.3. The minimum Gasteiger partial charge on any atom is -0.480 e. The van der Waals surface area contributed by atoms with E-state index in [1.807, 2.05) is 0 Å². The van der Waals surface area contributed by atoms with E-state index in [0.717, 1.165) is 51.7 Å². The average molecular weight is 269 g/mol. The van der Waals surface area contributed by atoms with Crippen LogP contribution in [0, 0.1) is 5.92 Å². The summed E-state index contributed by atoms with van der Waals surface area (Å²) in [6.45, 7) is 1.75. The molecule has 0 spiro atoms. The van der Waals surface area contributed by atoms with Crippen LogP contribution >= 0.6 is 0 Å². The Hall–Kier alpha value is -0.650. The molecule has 0 aromatic rings. The Balaban J connectivity index is 1.61. The summed E-state index contributed by atoms with van der Waals surface area (Å²) < 4.78 is 11.2. The number of carbonyl (C=O) groups is 1. The van der Waals surface area contributed by atoms with E-state index >= 15 is 0 Å². The van der Waals surface area contributed by atoms with Crippen LogP contribution in [0.4, 0.5) is 0 Å². The van der Waals surface area contributed by atoms with Gasteiger partial charge in [0.25, 0.3) is 0 Å². The van der Waals surface area contributed by atoms with E-state index < -0.39 is 11.5 Å². The highest BCUT2D eigenvalue weighted by Gasteiger charge is 2.53. The van der Waals surface area contributed by atoms with Crippen molar-refractivity contribution in [2.45, 2.75) is 56.2 Å². The first kappa shape index (κ1) is 13.3. The Bertz CT molecular complexity index is 334. The number of carboxylic acid groups (broad SMARTS) is 1. The van der Waals surface area contributed by atoms with E-state index in [1.54, 1.807) is 0 Å². The number of hydrogen-bond acceptors (Lipinski definition) is 4. The van der Waals surface area contributed by atoms with Crippen molar-refractivity contribution in [1.82, 2.24) is 5.32 Å². The van der Waals surface area contributed by atoms with E-state index in [4.69, 9.17) is 9.47 Å². The van der Waals surface area contributed by atoms with Gasteiger partial charge < -0.3 is 14.6 Å². The number of carboxylic acids is 1. The molecule has 0 aromatic carbocycles. The smallest absolute Gasteiger partial charge is 0.326 e. The van der Waals surface area contributed by atoms with Crippen LogP contribution in [-0.4, -0.2) is 48.6 Å². The van der Waals surface area contributed by atoms with Crippen molar-refractivity contribution in [1.29, 1.82) is 0 Å². The van der Waals surface area contributed by atoms with Crippen LogP contribution in [0.2, 0.25) is 0 Å². The molecule has 19 heavy (non-hydrogen) atoms. The van der Waals surface area contributed by atoms with Crippen LogP contribution < -0.4 is 5.32 Å². The summed E-state index contributed by atoms with van der Waals surface area (Å²) >= 11 is 0. The quantitative estimate of drug-likeness (QED) is 0.726. The summed E-state index contributed by atoms with van der Waals surface area (Å²) in [5.41, 5.74) is -0.848. The third-order valence-electron chi connectivity index (χ3n) is 4.41. The lowest BCUT2D eigenvalue weighted by Gasteiger charge is -2.33. The van der Waals surface area contributed by atoms with Crippen molar-refractivity contribution < 1.29 is 19.4 Å². The predicted octanol–water partition coefficient (Wildman–Crippen LogP) is 1.17. The van der Waals surface area contributed by atoms with Gasteiger partial charge in [0, 0.05) is 19.3 Å².